The van der Waals surface area contributed by atoms with E-state index in [4.69, 9.17) is 37.9 Å². The van der Waals surface area contributed by atoms with Crippen molar-refractivity contribution in [2.75, 3.05) is 113 Å². The second kappa shape index (κ2) is 44.7. The molecule has 0 fully saturated rings. The lowest BCUT2D eigenvalue weighted by Crippen LogP contribution is -2.48. The molecule has 516 valence electrons. The third-order valence-corrected chi connectivity index (χ3v) is 19.1. The van der Waals surface area contributed by atoms with E-state index in [9.17, 15) is 24.0 Å². The quantitative estimate of drug-likeness (QED) is 0.0232. The highest BCUT2D eigenvalue weighted by molar-refractivity contribution is 5.99. The molecule has 0 saturated heterocycles. The van der Waals surface area contributed by atoms with Crippen molar-refractivity contribution in [3.05, 3.63) is 122 Å². The Morgan fingerprint density at radius 3 is 1.19 bits per heavy atom. The first-order chi connectivity index (χ1) is 44.9. The Morgan fingerprint density at radius 1 is 0.387 bits per heavy atom. The van der Waals surface area contributed by atoms with Gasteiger partial charge < -0.3 is 42.4 Å². The summed E-state index contributed by atoms with van der Waals surface area (Å²) in [5, 5.41) is 0. The van der Waals surface area contributed by atoms with Crippen molar-refractivity contribution in [1.82, 2.24) is 0 Å². The average molecular weight is 1290 g/mol. The lowest BCUT2D eigenvalue weighted by Gasteiger charge is -2.35. The minimum atomic E-state index is -0.724. The van der Waals surface area contributed by atoms with Gasteiger partial charge in [-0.25, -0.2) is 0 Å². The van der Waals surface area contributed by atoms with E-state index in [1.807, 2.05) is 96.1 Å². The van der Waals surface area contributed by atoms with E-state index in [2.05, 4.69) is 20.8 Å². The monoisotopic (exact) mass is 1290 g/mol. The number of hydrogen-bond donors (Lipinski definition) is 0. The van der Waals surface area contributed by atoms with Crippen LogP contribution < -0.4 is 14.2 Å². The largest absolute Gasteiger partial charge is 0.487 e. The Labute approximate surface area is 558 Å². The smallest absolute Gasteiger partial charge is 0.203 e. The molecule has 4 rings (SSSR count). The molecule has 0 amide bonds. The van der Waals surface area contributed by atoms with Crippen LogP contribution in [0.4, 0.5) is 0 Å². The highest BCUT2D eigenvalue weighted by Crippen LogP contribution is 2.42. The van der Waals surface area contributed by atoms with E-state index in [0.717, 1.165) is 93.6 Å². The van der Waals surface area contributed by atoms with E-state index >= 15 is 4.79 Å². The number of carbonyl (C=O) groups excluding carboxylic acids is 6. The van der Waals surface area contributed by atoms with E-state index < -0.39 is 5.41 Å². The van der Waals surface area contributed by atoms with Gasteiger partial charge in [0.15, 0.2) is 34.6 Å². The Morgan fingerprint density at radius 2 is 0.763 bits per heavy atom. The molecule has 15 heteroatoms. The second-order valence-electron chi connectivity index (χ2n) is 25.3. The Balaban J connectivity index is 1.52. The molecular weight excluding hydrogens is 1170 g/mol. The maximum Gasteiger partial charge on any atom is 0.203 e. The molecule has 93 heavy (non-hydrogen) atoms. The molecule has 15 nitrogen and oxygen atoms in total. The summed E-state index contributed by atoms with van der Waals surface area (Å²) in [6.07, 6.45) is 11.8. The van der Waals surface area contributed by atoms with Crippen LogP contribution in [0.5, 0.6) is 17.2 Å². The van der Waals surface area contributed by atoms with Crippen LogP contribution in [0.15, 0.2) is 66.7 Å². The maximum atomic E-state index is 15.2. The van der Waals surface area contributed by atoms with Crippen LogP contribution in [-0.2, 0) is 33.3 Å². The fraction of sp³-hybridized carbons (Fsp3) is 0.615. The Kier molecular flexibility index (Phi) is 38.2. The highest BCUT2D eigenvalue weighted by Gasteiger charge is 2.36. The minimum absolute atomic E-state index is 0.0982. The highest BCUT2D eigenvalue weighted by atomic mass is 16.6. The number of Topliss-reactive ketones (excluding diaryl/α,β-unsaturated/α-hetero) is 6. The third kappa shape index (κ3) is 27.7. The summed E-state index contributed by atoms with van der Waals surface area (Å²) >= 11 is 0. The molecule has 0 aromatic heterocycles. The first-order valence-corrected chi connectivity index (χ1v) is 34.9. The predicted molar refractivity (Wildman–Crippen MR) is 370 cm³/mol. The van der Waals surface area contributed by atoms with Gasteiger partial charge in [-0.1, -0.05) is 80.3 Å². The minimum Gasteiger partial charge on any atom is -0.487 e. The number of quaternary nitrogens is 1. The SMILES string of the molecule is CC[N+](CC)(CC)CCCCC(=O)CCOCCOc1c(OCCOCCOC)cc(C(=O)CCCCCC(=O)C(CCCCC(=O)c2cccc(C)c2C)(CCCCC(=O)c2cccc(C)c2C)CCCCC(=O)c2cccc(C)c2C)cc1OCCOCCOC. The molecule has 0 atom stereocenters. The number of benzene rings is 4. The van der Waals surface area contributed by atoms with Gasteiger partial charge in [-0.15, -0.1) is 0 Å². The van der Waals surface area contributed by atoms with Gasteiger partial charge in [0, 0.05) is 86.8 Å². The molecule has 0 bridgehead atoms. The molecule has 0 aliphatic carbocycles. The maximum absolute atomic E-state index is 15.2. The molecule has 0 aliphatic heterocycles. The zero-order valence-corrected chi connectivity index (χ0v) is 59.0. The van der Waals surface area contributed by atoms with Crippen molar-refractivity contribution >= 4 is 34.7 Å². The number of ketones is 6. The standard InChI is InChI=1S/C78H116NO14/c1-12-79(13-2,14-3)45-25-21-32-66(80)41-46-88-53-56-93-77-74(91-54-51-89-49-47-86-10)57-65(58-75(77)92-55-52-90-50-48-87-11)70(81)36-16-15-17-40-76(85)78(42-22-18-37-71(82)67-33-26-29-59(4)62(67)7,43-23-19-38-72(83)68-34-27-30-60(5)63(68)8)44-24-20-39-73(84)69-35-28-31-61(6)64(69)9/h26-31,33-35,57-58H,12-25,32,36-56H2,1-11H3/q+1. The predicted octanol–water partition coefficient (Wildman–Crippen LogP) is 16.0. The molecule has 0 N–H and O–H groups in total. The number of unbranched alkanes of at least 4 members (excludes halogenated alkanes) is 6. The number of ether oxygens (including phenoxy) is 8. The Bertz CT molecular complexity index is 2690. The van der Waals surface area contributed by atoms with Crippen LogP contribution >= 0.6 is 0 Å². The van der Waals surface area contributed by atoms with Gasteiger partial charge in [0.25, 0.3) is 0 Å². The summed E-state index contributed by atoms with van der Waals surface area (Å²) in [5.74, 6) is 1.43. The summed E-state index contributed by atoms with van der Waals surface area (Å²) < 4.78 is 47.6. The van der Waals surface area contributed by atoms with Crippen molar-refractivity contribution in [3.63, 3.8) is 0 Å². The second-order valence-corrected chi connectivity index (χ2v) is 25.3. The Hall–Kier alpha value is -5.94. The van der Waals surface area contributed by atoms with Gasteiger partial charge in [-0.3, -0.25) is 28.8 Å². The molecule has 0 unspecified atom stereocenters. The average Bonchev–Trinajstić information content (AvgIpc) is 0.925. The number of aryl methyl sites for hydroxylation is 3. The van der Waals surface area contributed by atoms with Gasteiger partial charge in [-0.05, 0) is 172 Å². The fourth-order valence-corrected chi connectivity index (χ4v) is 12.3. The van der Waals surface area contributed by atoms with E-state index in [0.29, 0.717) is 165 Å². The van der Waals surface area contributed by atoms with Gasteiger partial charge in [0.1, 0.15) is 31.4 Å². The van der Waals surface area contributed by atoms with Crippen molar-refractivity contribution in [2.24, 2.45) is 5.41 Å². The van der Waals surface area contributed by atoms with E-state index in [-0.39, 0.29) is 87.4 Å². The fourth-order valence-electron chi connectivity index (χ4n) is 12.3. The summed E-state index contributed by atoms with van der Waals surface area (Å²) in [4.78, 5) is 83.2. The third-order valence-electron chi connectivity index (χ3n) is 19.1. The summed E-state index contributed by atoms with van der Waals surface area (Å²) in [7, 11) is 3.21. The molecule has 4 aromatic rings. The van der Waals surface area contributed by atoms with Crippen molar-refractivity contribution in [2.45, 2.75) is 197 Å². The van der Waals surface area contributed by atoms with Crippen LogP contribution in [0, 0.1) is 47.0 Å². The molecule has 0 aliphatic rings. The number of carbonyl (C=O) groups is 6. The van der Waals surface area contributed by atoms with Crippen LogP contribution in [0.25, 0.3) is 0 Å². The lowest BCUT2D eigenvalue weighted by molar-refractivity contribution is -0.923. The van der Waals surface area contributed by atoms with E-state index in [1.165, 1.54) is 0 Å². The van der Waals surface area contributed by atoms with Gasteiger partial charge in [0.05, 0.1) is 79.0 Å². The van der Waals surface area contributed by atoms with Crippen LogP contribution in [0.3, 0.4) is 0 Å². The van der Waals surface area contributed by atoms with Crippen molar-refractivity contribution in [1.29, 1.82) is 0 Å². The molecule has 0 radical (unpaired) electrons. The molecule has 4 aromatic carbocycles. The molecule has 0 saturated carbocycles. The number of nitrogens with zero attached hydrogens (tertiary/aromatic N) is 1. The topological polar surface area (TPSA) is 176 Å². The van der Waals surface area contributed by atoms with Gasteiger partial charge in [0.2, 0.25) is 5.75 Å². The first-order valence-electron chi connectivity index (χ1n) is 34.9. The van der Waals surface area contributed by atoms with Gasteiger partial charge in [-0.2, -0.15) is 0 Å². The molecule has 0 spiro atoms. The summed E-state index contributed by atoms with van der Waals surface area (Å²) in [6, 6.07) is 20.9. The zero-order chi connectivity index (χ0) is 67.9. The lowest BCUT2D eigenvalue weighted by atomic mass is 9.69. The van der Waals surface area contributed by atoms with Crippen molar-refractivity contribution < 1.29 is 71.1 Å². The van der Waals surface area contributed by atoms with Crippen LogP contribution in [0.1, 0.15) is 230 Å². The number of hydrogen-bond acceptors (Lipinski definition) is 14. The van der Waals surface area contributed by atoms with Crippen LogP contribution in [0.2, 0.25) is 0 Å². The number of methoxy groups -OCH3 is 2. The van der Waals surface area contributed by atoms with Crippen LogP contribution in [-0.4, -0.2) is 152 Å². The normalized spacial score (nSPS) is 11.7. The zero-order valence-electron chi connectivity index (χ0n) is 59.0. The van der Waals surface area contributed by atoms with Crippen molar-refractivity contribution in [3.8, 4) is 17.2 Å². The van der Waals surface area contributed by atoms with E-state index in [1.54, 1.807) is 26.4 Å². The van der Waals surface area contributed by atoms with Gasteiger partial charge >= 0.3 is 0 Å². The molecule has 0 heterocycles. The first kappa shape index (κ1) is 79.5. The molecular formula is C78H116NO14+. The summed E-state index contributed by atoms with van der Waals surface area (Å²) in [5.41, 5.74) is 8.06. The number of rotatable bonds is 55. The summed E-state index contributed by atoms with van der Waals surface area (Å²) in [6.45, 7) is 26.1.